The molecular weight excluding hydrogens is 527 g/mol. The van der Waals surface area contributed by atoms with Gasteiger partial charge in [0.15, 0.2) is 5.69 Å². The van der Waals surface area contributed by atoms with Crippen LogP contribution in [0.25, 0.3) is 0 Å². The fourth-order valence-corrected chi connectivity index (χ4v) is 6.24. The molecular formula is C24H24F3N5O5S. The van der Waals surface area contributed by atoms with Crippen LogP contribution in [-0.4, -0.2) is 57.7 Å². The zero-order valence-corrected chi connectivity index (χ0v) is 20.9. The second-order valence-corrected chi connectivity index (χ2v) is 10.6. The van der Waals surface area contributed by atoms with Crippen LogP contribution >= 0.6 is 11.3 Å². The predicted octanol–water partition coefficient (Wildman–Crippen LogP) is 2.76. The molecule has 38 heavy (non-hydrogen) atoms. The SMILES string of the molecule is NC(=O)Oc1nc(C(F)(F)F)c(CN2CCC(c3ccc4c(c3)CN(C3CCC(=O)NC3=O)C4=O)CC2)s1. The number of amides is 4. The number of nitrogens with zero attached hydrogens (tertiary/aromatic N) is 3. The summed E-state index contributed by atoms with van der Waals surface area (Å²) in [6, 6.07) is 4.95. The average Bonchev–Trinajstić information content (AvgIpc) is 3.39. The van der Waals surface area contributed by atoms with E-state index in [2.05, 4.69) is 15.0 Å². The van der Waals surface area contributed by atoms with Crippen LogP contribution < -0.4 is 15.8 Å². The van der Waals surface area contributed by atoms with Crippen molar-refractivity contribution >= 4 is 35.2 Å². The van der Waals surface area contributed by atoms with Gasteiger partial charge in [-0.3, -0.25) is 24.6 Å². The number of nitrogens with two attached hydrogens (primary N) is 1. The molecule has 0 bridgehead atoms. The lowest BCUT2D eigenvalue weighted by atomic mass is 9.88. The Morgan fingerprint density at radius 3 is 2.58 bits per heavy atom. The molecule has 1 atom stereocenters. The normalized spacial score (nSPS) is 21.0. The first kappa shape index (κ1) is 26.1. The maximum atomic E-state index is 13.4. The number of alkyl halides is 3. The number of aromatic nitrogens is 1. The topological polar surface area (TPSA) is 135 Å². The molecule has 1 aromatic carbocycles. The van der Waals surface area contributed by atoms with Gasteiger partial charge < -0.3 is 15.4 Å². The Morgan fingerprint density at radius 1 is 1.18 bits per heavy atom. The maximum absolute atomic E-state index is 13.4. The van der Waals surface area contributed by atoms with E-state index in [9.17, 15) is 32.3 Å². The number of primary amides is 1. The molecule has 2 saturated heterocycles. The lowest BCUT2D eigenvalue weighted by Crippen LogP contribution is -2.52. The van der Waals surface area contributed by atoms with Crippen molar-refractivity contribution in [1.29, 1.82) is 0 Å². The predicted molar refractivity (Wildman–Crippen MR) is 127 cm³/mol. The molecule has 2 fully saturated rings. The van der Waals surface area contributed by atoms with Crippen LogP contribution in [0.2, 0.25) is 0 Å². The van der Waals surface area contributed by atoms with Gasteiger partial charge in [0.1, 0.15) is 6.04 Å². The first-order valence-corrected chi connectivity index (χ1v) is 12.8. The van der Waals surface area contributed by atoms with Crippen molar-refractivity contribution < 1.29 is 37.1 Å². The standard InChI is InChI=1S/C24H24F3N5O5S/c25-24(26,27)19-17(38-23(30-19)37-22(28)36)11-31-7-5-12(6-8-31)13-1-2-15-14(9-13)10-32(21(15)35)16-3-4-18(33)29-20(16)34/h1-2,9,12,16H,3-8,10-11H2,(H2,28,36)(H,29,33,34). The summed E-state index contributed by atoms with van der Waals surface area (Å²) in [5.74, 6) is -0.874. The Hall–Kier alpha value is -3.52. The minimum Gasteiger partial charge on any atom is -0.381 e. The Kier molecular flexibility index (Phi) is 6.86. The quantitative estimate of drug-likeness (QED) is 0.546. The summed E-state index contributed by atoms with van der Waals surface area (Å²) in [6.07, 6.45) is -4.03. The lowest BCUT2D eigenvalue weighted by molar-refractivity contribution is -0.142. The Balaban J connectivity index is 1.23. The van der Waals surface area contributed by atoms with Gasteiger partial charge in [0.25, 0.3) is 11.1 Å². The molecule has 2 aromatic rings. The van der Waals surface area contributed by atoms with Crippen LogP contribution in [0.1, 0.15) is 63.7 Å². The second kappa shape index (κ2) is 9.98. The first-order chi connectivity index (χ1) is 18.0. The van der Waals surface area contributed by atoms with E-state index < -0.39 is 35.1 Å². The number of carbonyl (C=O) groups excluding carboxylic acids is 4. The number of nitrogens with one attached hydrogen (secondary N) is 1. The van der Waals surface area contributed by atoms with Crippen molar-refractivity contribution in [1.82, 2.24) is 20.1 Å². The summed E-state index contributed by atoms with van der Waals surface area (Å²) in [5, 5.41) is 1.85. The number of halogens is 3. The van der Waals surface area contributed by atoms with Gasteiger partial charge in [0.2, 0.25) is 11.8 Å². The third kappa shape index (κ3) is 5.23. The number of ether oxygens (including phenoxy) is 1. The van der Waals surface area contributed by atoms with Crippen molar-refractivity contribution in [3.63, 3.8) is 0 Å². The van der Waals surface area contributed by atoms with Crippen LogP contribution in [0.3, 0.4) is 0 Å². The van der Waals surface area contributed by atoms with E-state index in [4.69, 9.17) is 5.73 Å². The highest BCUT2D eigenvalue weighted by atomic mass is 32.1. The summed E-state index contributed by atoms with van der Waals surface area (Å²) in [6.45, 7) is 1.39. The number of hydrogen-bond acceptors (Lipinski definition) is 8. The fraction of sp³-hybridized carbons (Fsp3) is 0.458. The van der Waals surface area contributed by atoms with E-state index >= 15 is 0 Å². The van der Waals surface area contributed by atoms with Crippen molar-refractivity contribution in [2.75, 3.05) is 13.1 Å². The average molecular weight is 552 g/mol. The highest BCUT2D eigenvalue weighted by Gasteiger charge is 2.40. The van der Waals surface area contributed by atoms with Crippen LogP contribution in [0.5, 0.6) is 5.19 Å². The number of thiazole rings is 1. The van der Waals surface area contributed by atoms with Gasteiger partial charge in [-0.15, -0.1) is 0 Å². The molecule has 0 aliphatic carbocycles. The number of hydrogen-bond donors (Lipinski definition) is 2. The van der Waals surface area contributed by atoms with E-state index in [0.717, 1.165) is 11.1 Å². The summed E-state index contributed by atoms with van der Waals surface area (Å²) in [4.78, 5) is 54.4. The Labute approximate surface area is 218 Å². The second-order valence-electron chi connectivity index (χ2n) is 9.54. The van der Waals surface area contributed by atoms with Gasteiger partial charge in [0.05, 0.1) is 4.88 Å². The number of rotatable bonds is 5. The number of carbonyl (C=O) groups is 4. The van der Waals surface area contributed by atoms with E-state index in [1.807, 2.05) is 17.0 Å². The maximum Gasteiger partial charge on any atom is 0.434 e. The first-order valence-electron chi connectivity index (χ1n) is 12.0. The molecule has 202 valence electrons. The zero-order chi connectivity index (χ0) is 27.2. The van der Waals surface area contributed by atoms with Crippen molar-refractivity contribution in [2.24, 2.45) is 5.73 Å². The fourth-order valence-electron chi connectivity index (χ4n) is 5.26. The number of imide groups is 1. The number of piperidine rings is 2. The molecule has 14 heteroatoms. The van der Waals surface area contributed by atoms with Crippen molar-refractivity contribution in [2.45, 2.75) is 56.9 Å². The van der Waals surface area contributed by atoms with Crippen molar-refractivity contribution in [3.05, 3.63) is 45.5 Å². The molecule has 10 nitrogen and oxygen atoms in total. The smallest absolute Gasteiger partial charge is 0.381 e. The Morgan fingerprint density at radius 2 is 1.92 bits per heavy atom. The summed E-state index contributed by atoms with van der Waals surface area (Å²) in [7, 11) is 0. The van der Waals surface area contributed by atoms with E-state index in [-0.39, 0.29) is 42.1 Å². The van der Waals surface area contributed by atoms with Gasteiger partial charge in [-0.25, -0.2) is 4.79 Å². The molecule has 0 saturated carbocycles. The molecule has 0 radical (unpaired) electrons. The highest BCUT2D eigenvalue weighted by molar-refractivity contribution is 7.13. The van der Waals surface area contributed by atoms with Crippen LogP contribution in [-0.2, 0) is 28.9 Å². The van der Waals surface area contributed by atoms with Crippen LogP contribution in [0, 0.1) is 0 Å². The number of fused-ring (bicyclic) bond motifs is 1. The van der Waals surface area contributed by atoms with Gasteiger partial charge in [0, 0.05) is 25.1 Å². The number of likely N-dealkylation sites (tertiary alicyclic amines) is 1. The van der Waals surface area contributed by atoms with E-state index in [0.29, 0.717) is 49.3 Å². The van der Waals surface area contributed by atoms with Gasteiger partial charge in [-0.2, -0.15) is 18.2 Å². The van der Waals surface area contributed by atoms with E-state index in [1.54, 1.807) is 6.07 Å². The molecule has 3 N–H and O–H groups in total. The van der Waals surface area contributed by atoms with E-state index in [1.165, 1.54) is 4.90 Å². The minimum atomic E-state index is -4.69. The molecule has 3 aliphatic heterocycles. The number of benzene rings is 1. The minimum absolute atomic E-state index is 0.0148. The van der Waals surface area contributed by atoms with Gasteiger partial charge >= 0.3 is 12.3 Å². The molecule has 0 spiro atoms. The molecule has 4 amide bonds. The zero-order valence-electron chi connectivity index (χ0n) is 20.0. The largest absolute Gasteiger partial charge is 0.434 e. The molecule has 5 rings (SSSR count). The third-order valence-corrected chi connectivity index (χ3v) is 8.03. The highest BCUT2D eigenvalue weighted by Crippen LogP contribution is 2.39. The molecule has 1 aromatic heterocycles. The summed E-state index contributed by atoms with van der Waals surface area (Å²) >= 11 is 0.652. The van der Waals surface area contributed by atoms with Gasteiger partial charge in [-0.05, 0) is 55.5 Å². The molecule has 4 heterocycles. The summed E-state index contributed by atoms with van der Waals surface area (Å²) < 4.78 is 44.9. The third-order valence-electron chi connectivity index (χ3n) is 7.11. The lowest BCUT2D eigenvalue weighted by Gasteiger charge is -2.32. The van der Waals surface area contributed by atoms with Crippen LogP contribution in [0.15, 0.2) is 18.2 Å². The van der Waals surface area contributed by atoms with Crippen LogP contribution in [0.4, 0.5) is 18.0 Å². The Bertz CT molecular complexity index is 1300. The van der Waals surface area contributed by atoms with Crippen molar-refractivity contribution in [3.8, 4) is 5.19 Å². The monoisotopic (exact) mass is 551 g/mol. The summed E-state index contributed by atoms with van der Waals surface area (Å²) in [5.41, 5.74) is 6.22. The molecule has 3 aliphatic rings. The molecule has 1 unspecified atom stereocenters. The van der Waals surface area contributed by atoms with Gasteiger partial charge in [-0.1, -0.05) is 23.5 Å².